The molecule has 20 heavy (non-hydrogen) atoms. The summed E-state index contributed by atoms with van der Waals surface area (Å²) in [5.41, 5.74) is 5.51. The van der Waals surface area contributed by atoms with E-state index in [1.165, 1.54) is 18.2 Å². The number of hydrogen-bond donors (Lipinski definition) is 2. The number of nitro groups is 1. The molecule has 0 heterocycles. The number of nitrogens with two attached hydrogens (primary N) is 1. The lowest BCUT2D eigenvalue weighted by Crippen LogP contribution is -2.33. The summed E-state index contributed by atoms with van der Waals surface area (Å²) in [5.74, 6) is 0.144. The molecule has 0 saturated heterocycles. The molecule has 2 unspecified atom stereocenters. The van der Waals surface area contributed by atoms with Crippen molar-refractivity contribution in [3.05, 3.63) is 33.9 Å². The highest BCUT2D eigenvalue weighted by atomic mass is 32.2. The van der Waals surface area contributed by atoms with Crippen molar-refractivity contribution in [1.82, 2.24) is 5.32 Å². The van der Waals surface area contributed by atoms with Crippen LogP contribution in [-0.4, -0.2) is 33.1 Å². The van der Waals surface area contributed by atoms with Crippen LogP contribution < -0.4 is 11.1 Å². The molecule has 0 aliphatic rings. The minimum atomic E-state index is -0.904. The molecule has 1 amide bonds. The first-order chi connectivity index (χ1) is 9.31. The van der Waals surface area contributed by atoms with E-state index in [1.807, 2.05) is 0 Å². The quantitative estimate of drug-likeness (QED) is 0.463. The van der Waals surface area contributed by atoms with Crippen LogP contribution in [0.5, 0.6) is 0 Å². The zero-order valence-electron chi connectivity index (χ0n) is 11.3. The van der Waals surface area contributed by atoms with E-state index >= 15 is 0 Å². The van der Waals surface area contributed by atoms with E-state index in [2.05, 4.69) is 5.32 Å². The van der Waals surface area contributed by atoms with Crippen LogP contribution in [0.15, 0.2) is 18.2 Å². The van der Waals surface area contributed by atoms with Crippen LogP contribution in [0.1, 0.15) is 23.7 Å². The molecule has 3 N–H and O–H groups in total. The monoisotopic (exact) mass is 299 g/mol. The van der Waals surface area contributed by atoms with Gasteiger partial charge in [-0.15, -0.1) is 0 Å². The van der Waals surface area contributed by atoms with Gasteiger partial charge in [-0.25, -0.2) is 0 Å². The SMILES string of the molecule is CC(CCS(C)=O)NC(=O)c1ccc([N+](=O)[O-])c(N)c1. The fraction of sp³-hybridized carbons (Fsp3) is 0.417. The van der Waals surface area contributed by atoms with Crippen molar-refractivity contribution in [2.75, 3.05) is 17.7 Å². The first kappa shape index (κ1) is 16.1. The van der Waals surface area contributed by atoms with Crippen molar-refractivity contribution < 1.29 is 13.9 Å². The van der Waals surface area contributed by atoms with Gasteiger partial charge in [-0.3, -0.25) is 19.1 Å². The van der Waals surface area contributed by atoms with Gasteiger partial charge in [0.05, 0.1) is 4.92 Å². The van der Waals surface area contributed by atoms with E-state index in [9.17, 15) is 19.1 Å². The third-order valence-corrected chi connectivity index (χ3v) is 3.51. The molecule has 0 saturated carbocycles. The zero-order valence-corrected chi connectivity index (χ0v) is 12.1. The van der Waals surface area contributed by atoms with Crippen LogP contribution in [0.2, 0.25) is 0 Å². The van der Waals surface area contributed by atoms with Gasteiger partial charge in [0.25, 0.3) is 11.6 Å². The highest BCUT2D eigenvalue weighted by Gasteiger charge is 2.15. The van der Waals surface area contributed by atoms with Crippen molar-refractivity contribution in [2.45, 2.75) is 19.4 Å². The lowest BCUT2D eigenvalue weighted by molar-refractivity contribution is -0.383. The molecule has 0 radical (unpaired) electrons. The average molecular weight is 299 g/mol. The number of rotatable bonds is 6. The van der Waals surface area contributed by atoms with E-state index in [-0.39, 0.29) is 28.9 Å². The number of nitrogens with one attached hydrogen (secondary N) is 1. The van der Waals surface area contributed by atoms with Gasteiger partial charge in [-0.1, -0.05) is 0 Å². The number of carbonyl (C=O) groups excluding carboxylic acids is 1. The van der Waals surface area contributed by atoms with Gasteiger partial charge >= 0.3 is 0 Å². The summed E-state index contributed by atoms with van der Waals surface area (Å²) >= 11 is 0. The second-order valence-electron chi connectivity index (χ2n) is 4.47. The third kappa shape index (κ3) is 4.61. The molecule has 1 aromatic carbocycles. The standard InChI is InChI=1S/C12H17N3O4S/c1-8(5-6-20(2)19)14-12(16)9-3-4-11(15(17)18)10(13)7-9/h3-4,7-8H,5-6,13H2,1-2H3,(H,14,16). The molecular formula is C12H17N3O4S. The van der Waals surface area contributed by atoms with Crippen molar-refractivity contribution in [3.63, 3.8) is 0 Å². The summed E-state index contributed by atoms with van der Waals surface area (Å²) in [6.07, 6.45) is 2.20. The number of hydrogen-bond acceptors (Lipinski definition) is 5. The van der Waals surface area contributed by atoms with E-state index in [0.717, 1.165) is 0 Å². The Balaban J connectivity index is 2.71. The molecule has 7 nitrogen and oxygen atoms in total. The third-order valence-electron chi connectivity index (χ3n) is 2.70. The van der Waals surface area contributed by atoms with E-state index in [1.54, 1.807) is 13.2 Å². The Hall–Kier alpha value is -1.96. The van der Waals surface area contributed by atoms with Crippen LogP contribution >= 0.6 is 0 Å². The molecule has 0 spiro atoms. The van der Waals surface area contributed by atoms with Crippen LogP contribution in [0.25, 0.3) is 0 Å². The summed E-state index contributed by atoms with van der Waals surface area (Å²) in [4.78, 5) is 21.9. The van der Waals surface area contributed by atoms with Gasteiger partial charge in [0.1, 0.15) is 5.69 Å². The van der Waals surface area contributed by atoms with Crippen molar-refractivity contribution in [1.29, 1.82) is 0 Å². The molecule has 0 aromatic heterocycles. The number of nitrogens with zero attached hydrogens (tertiary/aromatic N) is 1. The molecule has 0 aliphatic heterocycles. The molecular weight excluding hydrogens is 282 g/mol. The maximum Gasteiger partial charge on any atom is 0.292 e. The van der Waals surface area contributed by atoms with Crippen molar-refractivity contribution >= 4 is 28.1 Å². The minimum absolute atomic E-state index is 0.0510. The molecule has 1 rings (SSSR count). The fourth-order valence-electron chi connectivity index (χ4n) is 1.58. The largest absolute Gasteiger partial charge is 0.393 e. The lowest BCUT2D eigenvalue weighted by Gasteiger charge is -2.13. The second-order valence-corrected chi connectivity index (χ2v) is 6.03. The van der Waals surface area contributed by atoms with Gasteiger partial charge < -0.3 is 11.1 Å². The van der Waals surface area contributed by atoms with Crippen LogP contribution in [0.3, 0.4) is 0 Å². The first-order valence-electron chi connectivity index (χ1n) is 5.96. The number of carbonyl (C=O) groups is 1. The Kier molecular flexibility index (Phi) is 5.63. The molecule has 0 aliphatic carbocycles. The Morgan fingerprint density at radius 3 is 2.70 bits per heavy atom. The minimum Gasteiger partial charge on any atom is -0.393 e. The topological polar surface area (TPSA) is 115 Å². The lowest BCUT2D eigenvalue weighted by atomic mass is 10.1. The fourth-order valence-corrected chi connectivity index (χ4v) is 2.27. The van der Waals surface area contributed by atoms with Crippen LogP contribution in [-0.2, 0) is 10.8 Å². The summed E-state index contributed by atoms with van der Waals surface area (Å²) < 4.78 is 11.0. The summed E-state index contributed by atoms with van der Waals surface area (Å²) in [7, 11) is -0.904. The van der Waals surface area contributed by atoms with Gasteiger partial charge in [0.2, 0.25) is 0 Å². The molecule has 2 atom stereocenters. The summed E-state index contributed by atoms with van der Waals surface area (Å²) in [6.45, 7) is 1.81. The van der Waals surface area contributed by atoms with Crippen LogP contribution in [0, 0.1) is 10.1 Å². The van der Waals surface area contributed by atoms with E-state index in [4.69, 9.17) is 5.73 Å². The number of amides is 1. The first-order valence-corrected chi connectivity index (χ1v) is 7.68. The maximum atomic E-state index is 11.9. The molecule has 0 fully saturated rings. The smallest absolute Gasteiger partial charge is 0.292 e. The number of anilines is 1. The molecule has 0 bridgehead atoms. The van der Waals surface area contributed by atoms with Gasteiger partial charge in [0.15, 0.2) is 0 Å². The predicted octanol–water partition coefficient (Wildman–Crippen LogP) is 1.06. The van der Waals surface area contributed by atoms with Gasteiger partial charge in [0, 0.05) is 40.5 Å². The van der Waals surface area contributed by atoms with Crippen LogP contribution in [0.4, 0.5) is 11.4 Å². The number of benzene rings is 1. The molecule has 8 heteroatoms. The highest BCUT2D eigenvalue weighted by molar-refractivity contribution is 7.84. The normalized spacial score (nSPS) is 13.5. The van der Waals surface area contributed by atoms with E-state index in [0.29, 0.717) is 12.2 Å². The Morgan fingerprint density at radius 1 is 1.55 bits per heavy atom. The summed E-state index contributed by atoms with van der Waals surface area (Å²) in [6, 6.07) is 3.70. The Bertz CT molecular complexity index is 548. The highest BCUT2D eigenvalue weighted by Crippen LogP contribution is 2.22. The molecule has 110 valence electrons. The average Bonchev–Trinajstić information content (AvgIpc) is 2.35. The summed E-state index contributed by atoms with van der Waals surface area (Å²) in [5, 5.41) is 13.4. The number of nitro benzene ring substituents is 1. The zero-order chi connectivity index (χ0) is 15.3. The van der Waals surface area contributed by atoms with Gasteiger partial charge in [-0.2, -0.15) is 0 Å². The maximum absolute atomic E-state index is 11.9. The van der Waals surface area contributed by atoms with E-state index < -0.39 is 15.7 Å². The Labute approximate surface area is 119 Å². The predicted molar refractivity (Wildman–Crippen MR) is 78.0 cm³/mol. The van der Waals surface area contributed by atoms with Crippen molar-refractivity contribution in [3.8, 4) is 0 Å². The van der Waals surface area contributed by atoms with Crippen molar-refractivity contribution in [2.24, 2.45) is 0 Å². The Morgan fingerprint density at radius 2 is 2.20 bits per heavy atom. The number of nitrogen functional groups attached to an aromatic ring is 1. The van der Waals surface area contributed by atoms with Gasteiger partial charge in [-0.05, 0) is 25.5 Å². The molecule has 1 aromatic rings. The second kappa shape index (κ2) is 6.99.